The van der Waals surface area contributed by atoms with Crippen molar-refractivity contribution in [2.45, 2.75) is 26.1 Å². The molecule has 0 N–H and O–H groups in total. The first kappa shape index (κ1) is 15.2. The number of esters is 1. The monoisotopic (exact) mass is 295 g/mol. The summed E-state index contributed by atoms with van der Waals surface area (Å²) in [5.74, 6) is 0.177. The number of ether oxygens (including phenoxy) is 2. The molecule has 1 aliphatic rings. The van der Waals surface area contributed by atoms with Crippen LogP contribution in [0.2, 0.25) is 0 Å². The van der Waals surface area contributed by atoms with Gasteiger partial charge in [-0.15, -0.1) is 0 Å². The number of aryl methyl sites for hydroxylation is 1. The molecule has 0 bridgehead atoms. The van der Waals surface area contributed by atoms with Crippen LogP contribution >= 0.6 is 0 Å². The highest BCUT2D eigenvalue weighted by Gasteiger charge is 2.32. The zero-order valence-corrected chi connectivity index (χ0v) is 12.1. The van der Waals surface area contributed by atoms with Gasteiger partial charge in [0.1, 0.15) is 12.0 Å². The predicted molar refractivity (Wildman–Crippen MR) is 74.2 cm³/mol. The van der Waals surface area contributed by atoms with Gasteiger partial charge in [-0.3, -0.25) is 10.1 Å². The lowest BCUT2D eigenvalue weighted by molar-refractivity contribution is -0.385. The number of hydrogen-bond acceptors (Lipinski definition) is 7. The number of pyridine rings is 1. The SMILES string of the molecule is COC(=O)C1CN(c2ncc([N+](=O)[O-])cc2C)C[C@H](C)O1. The molecule has 0 aliphatic carbocycles. The van der Waals surface area contributed by atoms with Gasteiger partial charge in [0.05, 0.1) is 24.7 Å². The molecule has 0 aromatic carbocycles. The van der Waals surface area contributed by atoms with E-state index in [4.69, 9.17) is 9.47 Å². The number of aromatic nitrogens is 1. The average molecular weight is 295 g/mol. The van der Waals surface area contributed by atoms with Crippen LogP contribution in [0, 0.1) is 17.0 Å². The molecule has 1 aliphatic heterocycles. The number of carbonyl (C=O) groups excluding carboxylic acids is 1. The predicted octanol–water partition coefficient (Wildman–Crippen LogP) is 1.06. The lowest BCUT2D eigenvalue weighted by Gasteiger charge is -2.36. The van der Waals surface area contributed by atoms with Crippen LogP contribution < -0.4 is 4.90 Å². The van der Waals surface area contributed by atoms with Crippen molar-refractivity contribution >= 4 is 17.5 Å². The third kappa shape index (κ3) is 3.27. The summed E-state index contributed by atoms with van der Waals surface area (Å²) in [7, 11) is 1.31. The lowest BCUT2D eigenvalue weighted by Crippen LogP contribution is -2.50. The zero-order valence-electron chi connectivity index (χ0n) is 12.1. The molecule has 0 amide bonds. The average Bonchev–Trinajstić information content (AvgIpc) is 2.45. The number of methoxy groups -OCH3 is 1. The molecule has 2 heterocycles. The molecule has 2 atom stereocenters. The summed E-state index contributed by atoms with van der Waals surface area (Å²) in [6, 6.07) is 1.47. The Kier molecular flexibility index (Phi) is 4.37. The molecular formula is C13H17N3O5. The Bertz CT molecular complexity index is 563. The number of morpholine rings is 1. The van der Waals surface area contributed by atoms with Crippen molar-refractivity contribution in [2.75, 3.05) is 25.1 Å². The zero-order chi connectivity index (χ0) is 15.6. The Labute approximate surface area is 121 Å². The number of anilines is 1. The Morgan fingerprint density at radius 1 is 1.57 bits per heavy atom. The molecule has 0 saturated carbocycles. The van der Waals surface area contributed by atoms with E-state index in [0.717, 1.165) is 0 Å². The summed E-state index contributed by atoms with van der Waals surface area (Å²) < 4.78 is 10.2. The second kappa shape index (κ2) is 6.04. The van der Waals surface area contributed by atoms with E-state index in [1.165, 1.54) is 19.4 Å². The third-order valence-corrected chi connectivity index (χ3v) is 3.27. The van der Waals surface area contributed by atoms with E-state index in [1.54, 1.807) is 6.92 Å². The van der Waals surface area contributed by atoms with Gasteiger partial charge in [-0.1, -0.05) is 0 Å². The fraction of sp³-hybridized carbons (Fsp3) is 0.538. The first-order valence-electron chi connectivity index (χ1n) is 6.51. The van der Waals surface area contributed by atoms with Crippen LogP contribution in [0.5, 0.6) is 0 Å². The topological polar surface area (TPSA) is 94.8 Å². The van der Waals surface area contributed by atoms with Gasteiger partial charge in [0.25, 0.3) is 5.69 Å². The minimum atomic E-state index is -0.685. The van der Waals surface area contributed by atoms with Gasteiger partial charge in [0.15, 0.2) is 6.10 Å². The van der Waals surface area contributed by atoms with Crippen molar-refractivity contribution in [2.24, 2.45) is 0 Å². The smallest absolute Gasteiger partial charge is 0.336 e. The van der Waals surface area contributed by atoms with Crippen LogP contribution in [0.1, 0.15) is 12.5 Å². The van der Waals surface area contributed by atoms with Gasteiger partial charge in [-0.05, 0) is 19.4 Å². The largest absolute Gasteiger partial charge is 0.467 e. The summed E-state index contributed by atoms with van der Waals surface area (Å²) >= 11 is 0. The van der Waals surface area contributed by atoms with Crippen LogP contribution in [-0.2, 0) is 14.3 Å². The summed E-state index contributed by atoms with van der Waals surface area (Å²) in [5.41, 5.74) is 0.629. The van der Waals surface area contributed by atoms with E-state index < -0.39 is 17.0 Å². The minimum Gasteiger partial charge on any atom is -0.467 e. The second-order valence-electron chi connectivity index (χ2n) is 4.95. The number of rotatable bonds is 3. The van der Waals surface area contributed by atoms with Gasteiger partial charge < -0.3 is 14.4 Å². The molecule has 21 heavy (non-hydrogen) atoms. The minimum absolute atomic E-state index is 0.0536. The molecule has 8 nitrogen and oxygen atoms in total. The van der Waals surface area contributed by atoms with E-state index in [0.29, 0.717) is 24.5 Å². The maximum Gasteiger partial charge on any atom is 0.336 e. The Balaban J connectivity index is 2.24. The maximum absolute atomic E-state index is 11.6. The maximum atomic E-state index is 11.6. The molecule has 1 aromatic heterocycles. The van der Waals surface area contributed by atoms with Crippen LogP contribution in [0.25, 0.3) is 0 Å². The van der Waals surface area contributed by atoms with Crippen LogP contribution in [0.4, 0.5) is 11.5 Å². The molecule has 1 fully saturated rings. The summed E-state index contributed by atoms with van der Waals surface area (Å²) in [4.78, 5) is 27.9. The third-order valence-electron chi connectivity index (χ3n) is 3.27. The molecular weight excluding hydrogens is 278 g/mol. The Hall–Kier alpha value is -2.22. The van der Waals surface area contributed by atoms with Crippen molar-refractivity contribution in [3.63, 3.8) is 0 Å². The first-order valence-corrected chi connectivity index (χ1v) is 6.51. The number of nitro groups is 1. The normalized spacial score (nSPS) is 22.0. The Morgan fingerprint density at radius 2 is 2.29 bits per heavy atom. The van der Waals surface area contributed by atoms with Gasteiger partial charge in [0, 0.05) is 12.6 Å². The van der Waals surface area contributed by atoms with Crippen molar-refractivity contribution in [3.05, 3.63) is 27.9 Å². The van der Waals surface area contributed by atoms with E-state index in [9.17, 15) is 14.9 Å². The summed E-state index contributed by atoms with van der Waals surface area (Å²) in [6.07, 6.45) is 0.365. The van der Waals surface area contributed by atoms with E-state index >= 15 is 0 Å². The highest BCUT2D eigenvalue weighted by atomic mass is 16.6. The molecule has 114 valence electrons. The Morgan fingerprint density at radius 3 is 2.86 bits per heavy atom. The van der Waals surface area contributed by atoms with E-state index in [-0.39, 0.29) is 11.8 Å². The van der Waals surface area contributed by atoms with E-state index in [1.807, 2.05) is 11.8 Å². The van der Waals surface area contributed by atoms with E-state index in [2.05, 4.69) is 4.98 Å². The van der Waals surface area contributed by atoms with Gasteiger partial charge >= 0.3 is 5.97 Å². The fourth-order valence-electron chi connectivity index (χ4n) is 2.37. The standard InChI is InChI=1S/C13H17N3O5/c1-8-4-10(16(18)19)5-14-12(8)15-6-9(2)21-11(7-15)13(17)20-3/h4-5,9,11H,6-7H2,1-3H3/t9-,11?/m0/s1. The van der Waals surface area contributed by atoms with Crippen LogP contribution in [0.3, 0.4) is 0 Å². The molecule has 1 saturated heterocycles. The molecule has 0 spiro atoms. The fourth-order valence-corrected chi connectivity index (χ4v) is 2.37. The molecule has 0 radical (unpaired) electrons. The molecule has 2 rings (SSSR count). The van der Waals surface area contributed by atoms with Gasteiger partial charge in [0.2, 0.25) is 0 Å². The van der Waals surface area contributed by atoms with Crippen molar-refractivity contribution in [3.8, 4) is 0 Å². The molecule has 8 heteroatoms. The first-order chi connectivity index (χ1) is 9.92. The van der Waals surface area contributed by atoms with Gasteiger partial charge in [-0.25, -0.2) is 9.78 Å². The number of carbonyl (C=O) groups is 1. The van der Waals surface area contributed by atoms with Crippen LogP contribution in [0.15, 0.2) is 12.3 Å². The van der Waals surface area contributed by atoms with Crippen molar-refractivity contribution in [1.82, 2.24) is 4.98 Å². The molecule has 1 aromatic rings. The number of nitrogens with zero attached hydrogens (tertiary/aromatic N) is 3. The van der Waals surface area contributed by atoms with Gasteiger partial charge in [-0.2, -0.15) is 0 Å². The summed E-state index contributed by atoms with van der Waals surface area (Å²) in [6.45, 7) is 4.47. The highest BCUT2D eigenvalue weighted by Crippen LogP contribution is 2.25. The lowest BCUT2D eigenvalue weighted by atomic mass is 10.2. The van der Waals surface area contributed by atoms with Crippen molar-refractivity contribution < 1.29 is 19.2 Å². The van der Waals surface area contributed by atoms with Crippen LogP contribution in [-0.4, -0.2) is 48.3 Å². The molecule has 1 unspecified atom stereocenters. The quantitative estimate of drug-likeness (QED) is 0.467. The second-order valence-corrected chi connectivity index (χ2v) is 4.95. The number of hydrogen-bond donors (Lipinski definition) is 0. The highest BCUT2D eigenvalue weighted by molar-refractivity contribution is 5.75. The van der Waals surface area contributed by atoms with Crippen molar-refractivity contribution in [1.29, 1.82) is 0 Å². The summed E-state index contributed by atoms with van der Waals surface area (Å²) in [5, 5.41) is 10.7.